The molecule has 0 radical (unpaired) electrons. The van der Waals surface area contributed by atoms with Crippen LogP contribution in [0, 0.1) is 11.2 Å². The van der Waals surface area contributed by atoms with E-state index in [0.29, 0.717) is 5.41 Å². The Labute approximate surface area is 129 Å². The van der Waals surface area contributed by atoms with Gasteiger partial charge in [-0.05, 0) is 63.0 Å². The van der Waals surface area contributed by atoms with Crippen molar-refractivity contribution in [2.45, 2.75) is 32.7 Å². The second-order valence-corrected chi connectivity index (χ2v) is 7.24. The average Bonchev–Trinajstić information content (AvgIpc) is 2.40. The molecule has 1 heterocycles. The van der Waals surface area contributed by atoms with Crippen molar-refractivity contribution >= 4 is 15.9 Å². The van der Waals surface area contributed by atoms with Crippen LogP contribution >= 0.6 is 15.9 Å². The third-order valence-electron chi connectivity index (χ3n) is 4.46. The number of hydrogen-bond donors (Lipinski definition) is 1. The predicted molar refractivity (Wildman–Crippen MR) is 85.4 cm³/mol. The van der Waals surface area contributed by atoms with E-state index in [9.17, 15) is 4.39 Å². The molecule has 4 heteroatoms. The summed E-state index contributed by atoms with van der Waals surface area (Å²) < 4.78 is 14.0. The first-order chi connectivity index (χ1) is 9.39. The molecule has 112 valence electrons. The summed E-state index contributed by atoms with van der Waals surface area (Å²) >= 11 is 3.45. The van der Waals surface area contributed by atoms with Gasteiger partial charge in [0.2, 0.25) is 0 Å². The molecule has 0 bridgehead atoms. The molecule has 0 saturated carbocycles. The van der Waals surface area contributed by atoms with E-state index < -0.39 is 0 Å². The first kappa shape index (κ1) is 15.9. The van der Waals surface area contributed by atoms with Crippen LogP contribution in [0.4, 0.5) is 4.39 Å². The van der Waals surface area contributed by atoms with Crippen molar-refractivity contribution in [2.75, 3.05) is 26.7 Å². The van der Waals surface area contributed by atoms with E-state index in [1.54, 1.807) is 0 Å². The van der Waals surface area contributed by atoms with Crippen LogP contribution in [0.15, 0.2) is 22.7 Å². The Morgan fingerprint density at radius 3 is 2.65 bits per heavy atom. The lowest BCUT2D eigenvalue weighted by Crippen LogP contribution is -2.42. The molecule has 1 fully saturated rings. The first-order valence-corrected chi connectivity index (χ1v) is 8.06. The van der Waals surface area contributed by atoms with Gasteiger partial charge in [-0.3, -0.25) is 0 Å². The maximum Gasteiger partial charge on any atom is 0.124 e. The quantitative estimate of drug-likeness (QED) is 0.890. The molecule has 0 spiro atoms. The average molecular weight is 343 g/mol. The maximum atomic E-state index is 13.1. The summed E-state index contributed by atoms with van der Waals surface area (Å²) in [6.45, 7) is 7.85. The zero-order valence-corrected chi connectivity index (χ0v) is 14.1. The highest BCUT2D eigenvalue weighted by atomic mass is 79.9. The second-order valence-electron chi connectivity index (χ2n) is 6.38. The molecule has 0 amide bonds. The lowest BCUT2D eigenvalue weighted by Gasteiger charge is -2.38. The lowest BCUT2D eigenvalue weighted by atomic mass is 9.80. The highest BCUT2D eigenvalue weighted by Gasteiger charge is 2.29. The van der Waals surface area contributed by atoms with E-state index in [1.807, 2.05) is 6.07 Å². The van der Waals surface area contributed by atoms with E-state index in [1.165, 1.54) is 38.1 Å². The highest BCUT2D eigenvalue weighted by Crippen LogP contribution is 2.31. The van der Waals surface area contributed by atoms with E-state index in [0.717, 1.165) is 16.6 Å². The van der Waals surface area contributed by atoms with E-state index >= 15 is 0 Å². The van der Waals surface area contributed by atoms with Gasteiger partial charge in [-0.15, -0.1) is 0 Å². The molecule has 0 aliphatic carbocycles. The van der Waals surface area contributed by atoms with Gasteiger partial charge in [0.15, 0.2) is 0 Å². The molecule has 0 aromatic heterocycles. The normalized spacial score (nSPS) is 20.9. The predicted octanol–water partition coefficient (Wildman–Crippen LogP) is 3.97. The Hall–Kier alpha value is -0.450. The Kier molecular flexibility index (Phi) is 5.21. The molecule has 20 heavy (non-hydrogen) atoms. The minimum atomic E-state index is -0.199. The minimum absolute atomic E-state index is 0.199. The molecule has 1 atom stereocenters. The minimum Gasteiger partial charge on any atom is -0.310 e. The van der Waals surface area contributed by atoms with Gasteiger partial charge >= 0.3 is 0 Å². The monoisotopic (exact) mass is 342 g/mol. The molecule has 1 aromatic carbocycles. The summed E-state index contributed by atoms with van der Waals surface area (Å²) in [6.07, 6.45) is 2.46. The summed E-state index contributed by atoms with van der Waals surface area (Å²) in [5.41, 5.74) is 1.48. The molecule has 1 aromatic rings. The summed E-state index contributed by atoms with van der Waals surface area (Å²) in [7, 11) is 2.19. The number of halogens is 2. The lowest BCUT2D eigenvalue weighted by molar-refractivity contribution is 0.134. The van der Waals surface area contributed by atoms with Crippen LogP contribution in [-0.4, -0.2) is 31.6 Å². The van der Waals surface area contributed by atoms with Crippen LogP contribution in [0.5, 0.6) is 0 Å². The fourth-order valence-corrected chi connectivity index (χ4v) is 3.39. The standard InChI is InChI=1S/C16H24BrFN2/c1-12(14-5-4-13(18)10-15(14)17)19-11-16(2)6-8-20(3)9-7-16/h4-5,10,12,19H,6-9,11H2,1-3H3. The Balaban J connectivity index is 1.93. The molecule has 1 aliphatic heterocycles. The summed E-state index contributed by atoms with van der Waals surface area (Å²) in [5.74, 6) is -0.199. The summed E-state index contributed by atoms with van der Waals surface area (Å²) in [4.78, 5) is 2.39. The van der Waals surface area contributed by atoms with E-state index in [4.69, 9.17) is 0 Å². The van der Waals surface area contributed by atoms with Crippen LogP contribution < -0.4 is 5.32 Å². The maximum absolute atomic E-state index is 13.1. The van der Waals surface area contributed by atoms with Gasteiger partial charge in [0.25, 0.3) is 0 Å². The highest BCUT2D eigenvalue weighted by molar-refractivity contribution is 9.10. The van der Waals surface area contributed by atoms with Crippen molar-refractivity contribution in [3.05, 3.63) is 34.1 Å². The molecule has 2 rings (SSSR count). The van der Waals surface area contributed by atoms with Gasteiger partial charge in [0.1, 0.15) is 5.82 Å². The Bertz CT molecular complexity index is 456. The topological polar surface area (TPSA) is 15.3 Å². The fourth-order valence-electron chi connectivity index (χ4n) is 2.70. The van der Waals surface area contributed by atoms with Crippen LogP contribution in [0.1, 0.15) is 38.3 Å². The molecule has 1 aliphatic rings. The Morgan fingerprint density at radius 2 is 2.05 bits per heavy atom. The van der Waals surface area contributed by atoms with Crippen molar-refractivity contribution in [3.8, 4) is 0 Å². The third kappa shape index (κ3) is 4.03. The Morgan fingerprint density at radius 1 is 1.40 bits per heavy atom. The zero-order valence-electron chi connectivity index (χ0n) is 12.5. The number of benzene rings is 1. The molecular weight excluding hydrogens is 319 g/mol. The zero-order chi connectivity index (χ0) is 14.8. The number of hydrogen-bond acceptors (Lipinski definition) is 2. The number of rotatable bonds is 4. The first-order valence-electron chi connectivity index (χ1n) is 7.26. The van der Waals surface area contributed by atoms with Crippen molar-refractivity contribution in [1.29, 1.82) is 0 Å². The molecule has 2 nitrogen and oxygen atoms in total. The second kappa shape index (κ2) is 6.54. The molecule has 1 saturated heterocycles. The number of piperidine rings is 1. The number of likely N-dealkylation sites (tertiary alicyclic amines) is 1. The van der Waals surface area contributed by atoms with Crippen LogP contribution in [0.25, 0.3) is 0 Å². The van der Waals surface area contributed by atoms with Crippen molar-refractivity contribution < 1.29 is 4.39 Å². The van der Waals surface area contributed by atoms with Gasteiger partial charge in [-0.25, -0.2) is 4.39 Å². The summed E-state index contributed by atoms with van der Waals surface area (Å²) in [6, 6.07) is 5.13. The van der Waals surface area contributed by atoms with Gasteiger partial charge in [0, 0.05) is 17.1 Å². The van der Waals surface area contributed by atoms with Gasteiger partial charge in [-0.2, -0.15) is 0 Å². The number of nitrogens with zero attached hydrogens (tertiary/aromatic N) is 1. The van der Waals surface area contributed by atoms with Crippen molar-refractivity contribution in [1.82, 2.24) is 10.2 Å². The van der Waals surface area contributed by atoms with Gasteiger partial charge in [0.05, 0.1) is 0 Å². The number of nitrogens with one attached hydrogen (secondary N) is 1. The van der Waals surface area contributed by atoms with E-state index in [2.05, 4.69) is 47.0 Å². The molecule has 1 unspecified atom stereocenters. The smallest absolute Gasteiger partial charge is 0.124 e. The largest absolute Gasteiger partial charge is 0.310 e. The third-order valence-corrected chi connectivity index (χ3v) is 5.14. The summed E-state index contributed by atoms with van der Waals surface area (Å²) in [5, 5.41) is 3.61. The van der Waals surface area contributed by atoms with Gasteiger partial charge in [-0.1, -0.05) is 28.9 Å². The molecule has 1 N–H and O–H groups in total. The van der Waals surface area contributed by atoms with Crippen LogP contribution in [-0.2, 0) is 0 Å². The van der Waals surface area contributed by atoms with Gasteiger partial charge < -0.3 is 10.2 Å². The van der Waals surface area contributed by atoms with Crippen LogP contribution in [0.3, 0.4) is 0 Å². The van der Waals surface area contributed by atoms with E-state index in [-0.39, 0.29) is 11.9 Å². The SMILES string of the molecule is CC(NCC1(C)CCN(C)CC1)c1ccc(F)cc1Br. The van der Waals surface area contributed by atoms with Crippen LogP contribution in [0.2, 0.25) is 0 Å². The van der Waals surface area contributed by atoms with Crippen molar-refractivity contribution in [3.63, 3.8) is 0 Å². The molecular formula is C16H24BrFN2. The fraction of sp³-hybridized carbons (Fsp3) is 0.625. The van der Waals surface area contributed by atoms with Crippen molar-refractivity contribution in [2.24, 2.45) is 5.41 Å².